The molecule has 0 unspecified atom stereocenters. The molecule has 0 aliphatic carbocycles. The quantitative estimate of drug-likeness (QED) is 0.883. The van der Waals surface area contributed by atoms with Gasteiger partial charge in [-0.3, -0.25) is 0 Å². The Labute approximate surface area is 93.0 Å². The number of rotatable bonds is 2. The van der Waals surface area contributed by atoms with Crippen LogP contribution in [0.25, 0.3) is 0 Å². The van der Waals surface area contributed by atoms with Crippen LogP contribution in [0.1, 0.15) is 31.4 Å². The molecule has 0 amide bonds. The zero-order valence-electron chi connectivity index (χ0n) is 8.46. The zero-order chi connectivity index (χ0) is 9.97. The number of H-pyrrole nitrogens is 1. The molecule has 1 aliphatic rings. The molecule has 1 aromatic heterocycles. The fourth-order valence-corrected chi connectivity index (χ4v) is 2.41. The van der Waals surface area contributed by atoms with Crippen molar-refractivity contribution in [3.05, 3.63) is 16.6 Å². The summed E-state index contributed by atoms with van der Waals surface area (Å²) in [5.41, 5.74) is 1.28. The summed E-state index contributed by atoms with van der Waals surface area (Å²) in [4.78, 5) is 9.95. The maximum atomic E-state index is 4.18. The fourth-order valence-electron chi connectivity index (χ4n) is 2.08. The predicted octanol–water partition coefficient (Wildman–Crippen LogP) is 2.37. The summed E-state index contributed by atoms with van der Waals surface area (Å²) >= 11 is 3.35. The molecule has 14 heavy (non-hydrogen) atoms. The van der Waals surface area contributed by atoms with Crippen molar-refractivity contribution >= 4 is 15.9 Å². The molecular formula is C10H16BrN3. The van der Waals surface area contributed by atoms with Crippen molar-refractivity contribution in [1.29, 1.82) is 0 Å². The summed E-state index contributed by atoms with van der Waals surface area (Å²) in [6.07, 6.45) is 4.46. The van der Waals surface area contributed by atoms with Gasteiger partial charge in [0.15, 0.2) is 4.73 Å². The molecule has 1 fully saturated rings. The number of hydrogen-bond acceptors (Lipinski definition) is 2. The van der Waals surface area contributed by atoms with E-state index in [2.05, 4.69) is 37.7 Å². The molecule has 0 atom stereocenters. The highest BCUT2D eigenvalue weighted by molar-refractivity contribution is 9.10. The van der Waals surface area contributed by atoms with Crippen LogP contribution < -0.4 is 0 Å². The Balaban J connectivity index is 1.95. The molecular weight excluding hydrogens is 242 g/mol. The molecule has 1 aromatic rings. The first-order chi connectivity index (χ1) is 6.79. The summed E-state index contributed by atoms with van der Waals surface area (Å²) in [6.45, 7) is 5.85. The lowest BCUT2D eigenvalue weighted by molar-refractivity contribution is 0.221. The molecule has 4 heteroatoms. The van der Waals surface area contributed by atoms with Crippen molar-refractivity contribution < 1.29 is 0 Å². The largest absolute Gasteiger partial charge is 0.336 e. The lowest BCUT2D eigenvalue weighted by Crippen LogP contribution is -2.32. The van der Waals surface area contributed by atoms with Crippen LogP contribution in [0.5, 0.6) is 0 Å². The third kappa shape index (κ3) is 2.17. The Bertz CT molecular complexity index is 289. The van der Waals surface area contributed by atoms with Crippen molar-refractivity contribution in [3.8, 4) is 0 Å². The standard InChI is InChI=1S/C10H16BrN3/c1-2-14-5-3-8(4-6-14)9-7-12-10(11)13-9/h7-8H,2-6H2,1H3,(H,12,13). The number of aromatic nitrogens is 2. The molecule has 1 aliphatic heterocycles. The van der Waals surface area contributed by atoms with Crippen molar-refractivity contribution in [2.75, 3.05) is 19.6 Å². The first-order valence-electron chi connectivity index (χ1n) is 5.22. The van der Waals surface area contributed by atoms with E-state index in [1.165, 1.54) is 38.2 Å². The lowest BCUT2D eigenvalue weighted by Gasteiger charge is -2.30. The number of aromatic amines is 1. The van der Waals surface area contributed by atoms with E-state index in [1.54, 1.807) is 0 Å². The number of halogens is 1. The number of likely N-dealkylation sites (tertiary alicyclic amines) is 1. The van der Waals surface area contributed by atoms with Crippen molar-refractivity contribution in [3.63, 3.8) is 0 Å². The van der Waals surface area contributed by atoms with Gasteiger partial charge in [0.2, 0.25) is 0 Å². The van der Waals surface area contributed by atoms with E-state index >= 15 is 0 Å². The van der Waals surface area contributed by atoms with Gasteiger partial charge in [0.05, 0.1) is 0 Å². The van der Waals surface area contributed by atoms with Gasteiger partial charge < -0.3 is 9.88 Å². The third-order valence-corrected chi connectivity index (χ3v) is 3.44. The van der Waals surface area contributed by atoms with Gasteiger partial charge >= 0.3 is 0 Å². The third-order valence-electron chi connectivity index (χ3n) is 3.04. The number of piperidine rings is 1. The summed E-state index contributed by atoms with van der Waals surface area (Å²) < 4.78 is 0.852. The minimum absolute atomic E-state index is 0.677. The Morgan fingerprint density at radius 3 is 2.79 bits per heavy atom. The topological polar surface area (TPSA) is 31.9 Å². The van der Waals surface area contributed by atoms with E-state index in [0.717, 1.165) is 4.73 Å². The van der Waals surface area contributed by atoms with E-state index < -0.39 is 0 Å². The summed E-state index contributed by atoms with van der Waals surface area (Å²) in [5, 5.41) is 0. The van der Waals surface area contributed by atoms with E-state index in [9.17, 15) is 0 Å². The van der Waals surface area contributed by atoms with Crippen LogP contribution in [0.3, 0.4) is 0 Å². The molecule has 1 N–H and O–H groups in total. The second-order valence-electron chi connectivity index (χ2n) is 3.84. The fraction of sp³-hybridized carbons (Fsp3) is 0.700. The number of hydrogen-bond donors (Lipinski definition) is 1. The van der Waals surface area contributed by atoms with Crippen LogP contribution >= 0.6 is 15.9 Å². The van der Waals surface area contributed by atoms with Gasteiger partial charge in [-0.05, 0) is 48.4 Å². The lowest BCUT2D eigenvalue weighted by atomic mass is 9.94. The number of nitrogens with one attached hydrogen (secondary N) is 1. The molecule has 0 bridgehead atoms. The first-order valence-corrected chi connectivity index (χ1v) is 6.01. The smallest absolute Gasteiger partial charge is 0.174 e. The maximum Gasteiger partial charge on any atom is 0.174 e. The van der Waals surface area contributed by atoms with Crippen LogP contribution in [0.15, 0.2) is 10.9 Å². The van der Waals surface area contributed by atoms with Gasteiger partial charge in [-0.1, -0.05) is 6.92 Å². The molecule has 0 radical (unpaired) electrons. The highest BCUT2D eigenvalue weighted by Gasteiger charge is 2.20. The monoisotopic (exact) mass is 257 g/mol. The van der Waals surface area contributed by atoms with Gasteiger partial charge in [0.1, 0.15) is 0 Å². The van der Waals surface area contributed by atoms with Gasteiger partial charge in [-0.2, -0.15) is 0 Å². The minimum Gasteiger partial charge on any atom is -0.336 e. The van der Waals surface area contributed by atoms with Crippen molar-refractivity contribution in [1.82, 2.24) is 14.9 Å². The van der Waals surface area contributed by atoms with Crippen LogP contribution in [-0.2, 0) is 0 Å². The molecule has 3 nitrogen and oxygen atoms in total. The van der Waals surface area contributed by atoms with Gasteiger partial charge in [0.25, 0.3) is 0 Å². The minimum atomic E-state index is 0.677. The van der Waals surface area contributed by atoms with E-state index in [-0.39, 0.29) is 0 Å². The Hall–Kier alpha value is -0.350. The van der Waals surface area contributed by atoms with Gasteiger partial charge in [-0.15, -0.1) is 0 Å². The van der Waals surface area contributed by atoms with Crippen LogP contribution in [-0.4, -0.2) is 34.5 Å². The molecule has 0 aromatic carbocycles. The van der Waals surface area contributed by atoms with Crippen LogP contribution in [0, 0.1) is 0 Å². The van der Waals surface area contributed by atoms with Gasteiger partial charge in [0, 0.05) is 17.8 Å². The Morgan fingerprint density at radius 1 is 1.57 bits per heavy atom. The van der Waals surface area contributed by atoms with Crippen LogP contribution in [0.2, 0.25) is 0 Å². The highest BCUT2D eigenvalue weighted by atomic mass is 79.9. The molecule has 0 spiro atoms. The summed E-state index contributed by atoms with van der Waals surface area (Å²) in [7, 11) is 0. The maximum absolute atomic E-state index is 4.18. The highest BCUT2D eigenvalue weighted by Crippen LogP contribution is 2.27. The first kappa shape index (κ1) is 10.2. The normalized spacial score (nSPS) is 20.1. The SMILES string of the molecule is CCN1CCC(c2cnc(Br)[nH]2)CC1. The van der Waals surface area contributed by atoms with Crippen molar-refractivity contribution in [2.24, 2.45) is 0 Å². The average molecular weight is 258 g/mol. The average Bonchev–Trinajstić information content (AvgIpc) is 2.65. The van der Waals surface area contributed by atoms with E-state index in [0.29, 0.717) is 5.92 Å². The Kier molecular flexibility index (Phi) is 3.23. The number of nitrogens with zero attached hydrogens (tertiary/aromatic N) is 2. The number of imidazole rings is 1. The van der Waals surface area contributed by atoms with Crippen molar-refractivity contribution in [2.45, 2.75) is 25.7 Å². The zero-order valence-corrected chi connectivity index (χ0v) is 10.0. The molecule has 0 saturated carbocycles. The molecule has 2 heterocycles. The van der Waals surface area contributed by atoms with Crippen LogP contribution in [0.4, 0.5) is 0 Å². The second kappa shape index (κ2) is 4.45. The van der Waals surface area contributed by atoms with E-state index in [1.807, 2.05) is 6.20 Å². The second-order valence-corrected chi connectivity index (χ2v) is 4.59. The molecule has 1 saturated heterocycles. The summed E-state index contributed by atoms with van der Waals surface area (Å²) in [6, 6.07) is 0. The molecule has 78 valence electrons. The molecule has 2 rings (SSSR count). The summed E-state index contributed by atoms with van der Waals surface area (Å²) in [5.74, 6) is 0.677. The Morgan fingerprint density at radius 2 is 2.29 bits per heavy atom. The van der Waals surface area contributed by atoms with E-state index in [4.69, 9.17) is 0 Å². The predicted molar refractivity (Wildman–Crippen MR) is 60.4 cm³/mol. The van der Waals surface area contributed by atoms with Gasteiger partial charge in [-0.25, -0.2) is 4.98 Å².